The molecule has 4 nitrogen and oxygen atoms in total. The number of hydrogen-bond acceptors (Lipinski definition) is 3. The maximum atomic E-state index is 12.1. The molecule has 1 heterocycles. The number of phenols is 1. The van der Waals surface area contributed by atoms with Crippen LogP contribution in [0.4, 0.5) is 0 Å². The molecule has 2 aromatic carbocycles. The zero-order valence-corrected chi connectivity index (χ0v) is 12.9. The van der Waals surface area contributed by atoms with Crippen molar-refractivity contribution >= 4 is 5.91 Å². The van der Waals surface area contributed by atoms with Crippen LogP contribution in [0.1, 0.15) is 23.7 Å². The highest BCUT2D eigenvalue weighted by molar-refractivity contribution is 5.79. The summed E-state index contributed by atoms with van der Waals surface area (Å²) in [6, 6.07) is 17.0. The number of carbonyl (C=O) groups is 1. The Kier molecular flexibility index (Phi) is 4.93. The fourth-order valence-corrected chi connectivity index (χ4v) is 2.99. The molecule has 2 aromatic rings. The lowest BCUT2D eigenvalue weighted by Crippen LogP contribution is -2.31. The Morgan fingerprint density at radius 3 is 2.65 bits per heavy atom. The first-order valence-corrected chi connectivity index (χ1v) is 7.94. The van der Waals surface area contributed by atoms with Gasteiger partial charge >= 0.3 is 0 Å². The van der Waals surface area contributed by atoms with Crippen LogP contribution in [-0.4, -0.2) is 24.2 Å². The molecule has 1 saturated heterocycles. The van der Waals surface area contributed by atoms with Crippen molar-refractivity contribution in [2.24, 2.45) is 5.92 Å². The molecule has 0 radical (unpaired) electrons. The zero-order chi connectivity index (χ0) is 16.1. The van der Waals surface area contributed by atoms with Gasteiger partial charge in [0.25, 0.3) is 0 Å². The summed E-state index contributed by atoms with van der Waals surface area (Å²) >= 11 is 0. The van der Waals surface area contributed by atoms with Gasteiger partial charge in [0.2, 0.25) is 5.91 Å². The third kappa shape index (κ3) is 3.90. The SMILES string of the molecule is O=C(Cc1ccccc1O)NC[C@@H]1CCO[C@@H]1c1ccccc1. The van der Waals surface area contributed by atoms with Crippen molar-refractivity contribution in [1.29, 1.82) is 0 Å². The number of rotatable bonds is 5. The minimum Gasteiger partial charge on any atom is -0.508 e. The molecule has 0 unspecified atom stereocenters. The summed E-state index contributed by atoms with van der Waals surface area (Å²) in [5.41, 5.74) is 1.80. The van der Waals surface area contributed by atoms with E-state index in [9.17, 15) is 9.90 Å². The standard InChI is InChI=1S/C19H21NO3/c21-17-9-5-4-8-15(17)12-18(22)20-13-16-10-11-23-19(16)14-6-2-1-3-7-14/h1-9,16,19,21H,10-13H2,(H,20,22)/t16-,19+/m0/s1. The fourth-order valence-electron chi connectivity index (χ4n) is 2.99. The number of phenolic OH excluding ortho intramolecular Hbond substituents is 1. The summed E-state index contributed by atoms with van der Waals surface area (Å²) < 4.78 is 5.83. The van der Waals surface area contributed by atoms with Crippen molar-refractivity contribution in [2.45, 2.75) is 18.9 Å². The van der Waals surface area contributed by atoms with Gasteiger partial charge in [-0.05, 0) is 18.1 Å². The molecule has 120 valence electrons. The largest absolute Gasteiger partial charge is 0.508 e. The Bertz CT molecular complexity index is 657. The molecule has 4 heteroatoms. The van der Waals surface area contributed by atoms with Gasteiger partial charge in [0, 0.05) is 24.6 Å². The quantitative estimate of drug-likeness (QED) is 0.892. The molecule has 2 atom stereocenters. The molecule has 0 aliphatic carbocycles. The molecule has 0 aromatic heterocycles. The Morgan fingerprint density at radius 1 is 1.13 bits per heavy atom. The van der Waals surface area contributed by atoms with Crippen molar-refractivity contribution < 1.29 is 14.6 Å². The summed E-state index contributed by atoms with van der Waals surface area (Å²) in [5.74, 6) is 0.366. The van der Waals surface area contributed by atoms with Crippen LogP contribution in [0.2, 0.25) is 0 Å². The molecule has 1 aliphatic heterocycles. The minimum absolute atomic E-state index is 0.0432. The summed E-state index contributed by atoms with van der Waals surface area (Å²) in [5, 5.41) is 12.7. The smallest absolute Gasteiger partial charge is 0.224 e. The number of carbonyl (C=O) groups excluding carboxylic acids is 1. The third-order valence-corrected chi connectivity index (χ3v) is 4.25. The second kappa shape index (κ2) is 7.29. The van der Waals surface area contributed by atoms with E-state index in [-0.39, 0.29) is 30.1 Å². The van der Waals surface area contributed by atoms with Crippen LogP contribution in [0.15, 0.2) is 54.6 Å². The van der Waals surface area contributed by atoms with Crippen molar-refractivity contribution in [2.75, 3.05) is 13.2 Å². The lowest BCUT2D eigenvalue weighted by molar-refractivity contribution is -0.120. The van der Waals surface area contributed by atoms with Crippen LogP contribution < -0.4 is 5.32 Å². The number of nitrogens with one attached hydrogen (secondary N) is 1. The summed E-state index contributed by atoms with van der Waals surface area (Å²) in [6.45, 7) is 1.31. The first kappa shape index (κ1) is 15.6. The van der Waals surface area contributed by atoms with Gasteiger partial charge in [0.05, 0.1) is 12.5 Å². The van der Waals surface area contributed by atoms with Crippen LogP contribution in [0.3, 0.4) is 0 Å². The number of para-hydroxylation sites is 1. The number of amides is 1. The minimum atomic E-state index is -0.0785. The second-order valence-corrected chi connectivity index (χ2v) is 5.86. The van der Waals surface area contributed by atoms with Gasteiger partial charge < -0.3 is 15.2 Å². The molecule has 23 heavy (non-hydrogen) atoms. The average Bonchev–Trinajstić information content (AvgIpc) is 3.04. The van der Waals surface area contributed by atoms with Crippen LogP contribution >= 0.6 is 0 Å². The average molecular weight is 311 g/mol. The van der Waals surface area contributed by atoms with E-state index in [1.54, 1.807) is 18.2 Å². The lowest BCUT2D eigenvalue weighted by atomic mass is 9.95. The lowest BCUT2D eigenvalue weighted by Gasteiger charge is -2.19. The Balaban J connectivity index is 1.55. The molecule has 2 N–H and O–H groups in total. The normalized spacial score (nSPS) is 20.3. The highest BCUT2D eigenvalue weighted by atomic mass is 16.5. The van der Waals surface area contributed by atoms with Crippen molar-refractivity contribution in [3.05, 3.63) is 65.7 Å². The predicted molar refractivity (Wildman–Crippen MR) is 88.1 cm³/mol. The highest BCUT2D eigenvalue weighted by Crippen LogP contribution is 2.33. The fraction of sp³-hybridized carbons (Fsp3) is 0.316. The molecule has 1 amide bonds. The molecule has 0 saturated carbocycles. The maximum absolute atomic E-state index is 12.1. The van der Waals surface area contributed by atoms with E-state index in [0.717, 1.165) is 18.6 Å². The Labute approximate surface area is 136 Å². The molecule has 1 aliphatic rings. The predicted octanol–water partition coefficient (Wildman–Crippen LogP) is 2.83. The Hall–Kier alpha value is -2.33. The van der Waals surface area contributed by atoms with Crippen molar-refractivity contribution in [1.82, 2.24) is 5.32 Å². The number of ether oxygens (including phenoxy) is 1. The summed E-state index contributed by atoms with van der Waals surface area (Å²) in [4.78, 5) is 12.1. The molecule has 0 bridgehead atoms. The molecular formula is C19H21NO3. The van der Waals surface area contributed by atoms with Gasteiger partial charge in [0.1, 0.15) is 5.75 Å². The van der Waals surface area contributed by atoms with Gasteiger partial charge in [-0.2, -0.15) is 0 Å². The monoisotopic (exact) mass is 311 g/mol. The maximum Gasteiger partial charge on any atom is 0.224 e. The van der Waals surface area contributed by atoms with Crippen LogP contribution in [0.25, 0.3) is 0 Å². The zero-order valence-electron chi connectivity index (χ0n) is 12.9. The second-order valence-electron chi connectivity index (χ2n) is 5.86. The number of hydrogen-bond donors (Lipinski definition) is 2. The number of benzene rings is 2. The van der Waals surface area contributed by atoms with E-state index in [0.29, 0.717) is 12.1 Å². The van der Waals surface area contributed by atoms with E-state index in [2.05, 4.69) is 17.4 Å². The number of aromatic hydroxyl groups is 1. The molecular weight excluding hydrogens is 290 g/mol. The summed E-state index contributed by atoms with van der Waals surface area (Å²) in [7, 11) is 0. The molecule has 1 fully saturated rings. The first-order chi connectivity index (χ1) is 11.2. The van der Waals surface area contributed by atoms with Crippen molar-refractivity contribution in [3.63, 3.8) is 0 Å². The van der Waals surface area contributed by atoms with Gasteiger partial charge in [-0.25, -0.2) is 0 Å². The van der Waals surface area contributed by atoms with Crippen LogP contribution in [-0.2, 0) is 16.0 Å². The first-order valence-electron chi connectivity index (χ1n) is 7.94. The summed E-state index contributed by atoms with van der Waals surface area (Å²) in [6.07, 6.45) is 1.17. The van der Waals surface area contributed by atoms with E-state index in [4.69, 9.17) is 4.74 Å². The molecule has 3 rings (SSSR count). The molecule has 0 spiro atoms. The van der Waals surface area contributed by atoms with Gasteiger partial charge in [-0.15, -0.1) is 0 Å². The van der Waals surface area contributed by atoms with Crippen molar-refractivity contribution in [3.8, 4) is 5.75 Å². The van der Waals surface area contributed by atoms with Gasteiger partial charge in [-0.3, -0.25) is 4.79 Å². The third-order valence-electron chi connectivity index (χ3n) is 4.25. The topological polar surface area (TPSA) is 58.6 Å². The van der Waals surface area contributed by atoms with Crippen LogP contribution in [0, 0.1) is 5.92 Å². The Morgan fingerprint density at radius 2 is 1.87 bits per heavy atom. The van der Waals surface area contributed by atoms with E-state index in [1.807, 2.05) is 24.3 Å². The van der Waals surface area contributed by atoms with E-state index >= 15 is 0 Å². The van der Waals surface area contributed by atoms with Gasteiger partial charge in [-0.1, -0.05) is 48.5 Å². The van der Waals surface area contributed by atoms with E-state index < -0.39 is 0 Å². The van der Waals surface area contributed by atoms with Crippen LogP contribution in [0.5, 0.6) is 5.75 Å². The van der Waals surface area contributed by atoms with E-state index in [1.165, 1.54) is 0 Å². The van der Waals surface area contributed by atoms with Gasteiger partial charge in [0.15, 0.2) is 0 Å². The highest BCUT2D eigenvalue weighted by Gasteiger charge is 2.29.